The number of hydrogen-bond donors (Lipinski definition) is 3. The normalized spacial score (nSPS) is 15.8. The standard InChI is InChI=1S/C30H35N3/c1-21(2)28-13-6-14-29(28)30(25-10-3-7-22(15-25)18-31,26-11-4-8-23(16-26)19-32)27-12-5-9-24(17-27)20-33/h3-17,21,29H,18-20,31-33H2,1-2H3. The lowest BCUT2D eigenvalue weighted by Gasteiger charge is -2.43. The van der Waals surface area contributed by atoms with E-state index in [2.05, 4.69) is 105 Å². The van der Waals surface area contributed by atoms with E-state index in [0.29, 0.717) is 25.6 Å². The van der Waals surface area contributed by atoms with Gasteiger partial charge in [0.1, 0.15) is 0 Å². The molecule has 0 spiro atoms. The molecule has 0 saturated carbocycles. The number of allylic oxidation sites excluding steroid dienone is 4. The molecule has 1 unspecified atom stereocenters. The summed E-state index contributed by atoms with van der Waals surface area (Å²) >= 11 is 0. The van der Waals surface area contributed by atoms with Gasteiger partial charge in [-0.05, 0) is 39.3 Å². The van der Waals surface area contributed by atoms with Crippen LogP contribution in [0, 0.1) is 11.8 Å². The Labute approximate surface area is 198 Å². The van der Waals surface area contributed by atoms with E-state index in [1.165, 1.54) is 22.3 Å². The van der Waals surface area contributed by atoms with Gasteiger partial charge in [0, 0.05) is 25.6 Å². The van der Waals surface area contributed by atoms with Crippen LogP contribution in [0.3, 0.4) is 0 Å². The highest BCUT2D eigenvalue weighted by Crippen LogP contribution is 2.51. The molecule has 3 aromatic carbocycles. The first-order valence-electron chi connectivity index (χ1n) is 11.8. The summed E-state index contributed by atoms with van der Waals surface area (Å²) in [7, 11) is 0. The summed E-state index contributed by atoms with van der Waals surface area (Å²) in [5, 5.41) is 0. The third-order valence-electron chi connectivity index (χ3n) is 6.94. The average molecular weight is 438 g/mol. The Bertz CT molecular complexity index is 1060. The van der Waals surface area contributed by atoms with Gasteiger partial charge in [-0.15, -0.1) is 0 Å². The van der Waals surface area contributed by atoms with Crippen LogP contribution >= 0.6 is 0 Å². The van der Waals surface area contributed by atoms with Gasteiger partial charge in [0.2, 0.25) is 0 Å². The number of rotatable bonds is 8. The van der Waals surface area contributed by atoms with E-state index in [1.54, 1.807) is 0 Å². The first-order valence-corrected chi connectivity index (χ1v) is 11.8. The van der Waals surface area contributed by atoms with Crippen molar-refractivity contribution in [1.82, 2.24) is 0 Å². The fraction of sp³-hybridized carbons (Fsp3) is 0.267. The van der Waals surface area contributed by atoms with Crippen LogP contribution in [0.2, 0.25) is 0 Å². The van der Waals surface area contributed by atoms with Gasteiger partial charge in [0.15, 0.2) is 0 Å². The third kappa shape index (κ3) is 4.20. The van der Waals surface area contributed by atoms with Gasteiger partial charge in [-0.1, -0.05) is 110 Å². The lowest BCUT2D eigenvalue weighted by molar-refractivity contribution is 0.471. The maximum absolute atomic E-state index is 6.10. The maximum atomic E-state index is 6.10. The van der Waals surface area contributed by atoms with Crippen molar-refractivity contribution in [3.8, 4) is 0 Å². The molecule has 0 amide bonds. The lowest BCUT2D eigenvalue weighted by Crippen LogP contribution is -2.39. The van der Waals surface area contributed by atoms with Gasteiger partial charge < -0.3 is 17.2 Å². The Hall–Kier alpha value is -2.98. The summed E-state index contributed by atoms with van der Waals surface area (Å²) in [6.45, 7) is 6.06. The van der Waals surface area contributed by atoms with E-state index in [1.807, 2.05) is 0 Å². The maximum Gasteiger partial charge on any atom is 0.0551 e. The molecule has 1 aliphatic carbocycles. The van der Waals surface area contributed by atoms with Crippen molar-refractivity contribution in [3.63, 3.8) is 0 Å². The molecule has 170 valence electrons. The summed E-state index contributed by atoms with van der Waals surface area (Å²) in [6.07, 6.45) is 6.85. The smallest absolute Gasteiger partial charge is 0.0551 e. The number of hydrogen-bond acceptors (Lipinski definition) is 3. The van der Waals surface area contributed by atoms with Gasteiger partial charge in [-0.25, -0.2) is 0 Å². The molecule has 0 heterocycles. The molecule has 3 aromatic rings. The zero-order valence-corrected chi connectivity index (χ0v) is 19.7. The molecule has 1 atom stereocenters. The molecule has 0 radical (unpaired) electrons. The van der Waals surface area contributed by atoms with E-state index in [0.717, 1.165) is 16.7 Å². The first-order chi connectivity index (χ1) is 16.0. The predicted octanol–water partition coefficient (Wildman–Crippen LogP) is 5.17. The molecule has 6 N–H and O–H groups in total. The topological polar surface area (TPSA) is 78.1 Å². The van der Waals surface area contributed by atoms with Crippen molar-refractivity contribution >= 4 is 0 Å². The van der Waals surface area contributed by atoms with Crippen LogP contribution in [0.15, 0.2) is 96.6 Å². The fourth-order valence-electron chi connectivity index (χ4n) is 5.31. The Morgan fingerprint density at radius 2 is 1.12 bits per heavy atom. The van der Waals surface area contributed by atoms with Crippen molar-refractivity contribution in [2.75, 3.05) is 0 Å². The lowest BCUT2D eigenvalue weighted by atomic mass is 9.59. The molecule has 1 aliphatic rings. The van der Waals surface area contributed by atoms with Crippen LogP contribution in [0.1, 0.15) is 47.2 Å². The highest BCUT2D eigenvalue weighted by molar-refractivity contribution is 5.58. The molecule has 0 aromatic heterocycles. The van der Waals surface area contributed by atoms with Crippen LogP contribution in [-0.4, -0.2) is 0 Å². The zero-order chi connectivity index (χ0) is 23.4. The summed E-state index contributed by atoms with van der Waals surface area (Å²) in [6, 6.07) is 26.2. The number of nitrogens with two attached hydrogens (primary N) is 3. The van der Waals surface area contributed by atoms with Gasteiger partial charge >= 0.3 is 0 Å². The largest absolute Gasteiger partial charge is 0.326 e. The van der Waals surface area contributed by atoms with Crippen molar-refractivity contribution in [2.24, 2.45) is 29.0 Å². The van der Waals surface area contributed by atoms with Gasteiger partial charge in [0.05, 0.1) is 5.41 Å². The molecule has 0 saturated heterocycles. The molecule has 4 rings (SSSR count). The highest BCUT2D eigenvalue weighted by atomic mass is 14.5. The van der Waals surface area contributed by atoms with Crippen molar-refractivity contribution in [3.05, 3.63) is 130 Å². The monoisotopic (exact) mass is 437 g/mol. The Morgan fingerprint density at radius 1 is 0.697 bits per heavy atom. The molecular weight excluding hydrogens is 402 g/mol. The van der Waals surface area contributed by atoms with Crippen LogP contribution < -0.4 is 17.2 Å². The zero-order valence-electron chi connectivity index (χ0n) is 19.7. The van der Waals surface area contributed by atoms with Gasteiger partial charge in [0.25, 0.3) is 0 Å². The van der Waals surface area contributed by atoms with Crippen molar-refractivity contribution in [2.45, 2.75) is 38.9 Å². The van der Waals surface area contributed by atoms with E-state index in [9.17, 15) is 0 Å². The second-order valence-corrected chi connectivity index (χ2v) is 9.21. The summed E-state index contributed by atoms with van der Waals surface area (Å²) < 4.78 is 0. The highest BCUT2D eigenvalue weighted by Gasteiger charge is 2.45. The quantitative estimate of drug-likeness (QED) is 0.426. The van der Waals surface area contributed by atoms with E-state index >= 15 is 0 Å². The average Bonchev–Trinajstić information content (AvgIpc) is 3.35. The number of benzene rings is 3. The SMILES string of the molecule is CC(C)C1=CC=CC1C(c1cccc(CN)c1)(c1cccc(CN)c1)c1cccc(CN)c1. The van der Waals surface area contributed by atoms with Gasteiger partial charge in [-0.2, -0.15) is 0 Å². The van der Waals surface area contributed by atoms with Crippen molar-refractivity contribution in [1.29, 1.82) is 0 Å². The first kappa shape index (κ1) is 23.2. The molecule has 0 fully saturated rings. The minimum atomic E-state index is -0.440. The molecule has 3 nitrogen and oxygen atoms in total. The van der Waals surface area contributed by atoms with Gasteiger partial charge in [-0.3, -0.25) is 0 Å². The van der Waals surface area contributed by atoms with Crippen LogP contribution in [0.5, 0.6) is 0 Å². The summed E-state index contributed by atoms with van der Waals surface area (Å²) in [5.41, 5.74) is 26.4. The minimum Gasteiger partial charge on any atom is -0.326 e. The minimum absolute atomic E-state index is 0.159. The summed E-state index contributed by atoms with van der Waals surface area (Å²) in [5.74, 6) is 0.573. The van der Waals surface area contributed by atoms with E-state index in [-0.39, 0.29) is 5.92 Å². The van der Waals surface area contributed by atoms with Crippen LogP contribution in [0.25, 0.3) is 0 Å². The van der Waals surface area contributed by atoms with E-state index < -0.39 is 5.41 Å². The van der Waals surface area contributed by atoms with Crippen LogP contribution in [0.4, 0.5) is 0 Å². The Morgan fingerprint density at radius 3 is 1.48 bits per heavy atom. The van der Waals surface area contributed by atoms with Crippen molar-refractivity contribution < 1.29 is 0 Å². The van der Waals surface area contributed by atoms with E-state index in [4.69, 9.17) is 17.2 Å². The Kier molecular flexibility index (Phi) is 6.94. The molecule has 3 heteroatoms. The Balaban J connectivity index is 2.13. The molecule has 0 bridgehead atoms. The molecule has 33 heavy (non-hydrogen) atoms. The second kappa shape index (κ2) is 9.88. The third-order valence-corrected chi connectivity index (χ3v) is 6.94. The second-order valence-electron chi connectivity index (χ2n) is 9.21. The fourth-order valence-corrected chi connectivity index (χ4v) is 5.31. The van der Waals surface area contributed by atoms with Crippen LogP contribution in [-0.2, 0) is 25.0 Å². The summed E-state index contributed by atoms with van der Waals surface area (Å²) in [4.78, 5) is 0. The molecular formula is C30H35N3. The molecule has 0 aliphatic heterocycles. The predicted molar refractivity (Wildman–Crippen MR) is 138 cm³/mol.